The molecule has 1 heterocycles. The molecule has 41 heavy (non-hydrogen) atoms. The summed E-state index contributed by atoms with van der Waals surface area (Å²) in [5.41, 5.74) is 5.81. The number of H-pyrrole nitrogens is 1. The van der Waals surface area contributed by atoms with Gasteiger partial charge in [-0.05, 0) is 73.7 Å². The molecular weight excluding hydrogens is 674 g/mol. The quantitative estimate of drug-likeness (QED) is 0.0739. The smallest absolute Gasteiger partial charge is 0.343 e. The van der Waals surface area contributed by atoms with Crippen LogP contribution in [0.4, 0.5) is 0 Å². The van der Waals surface area contributed by atoms with E-state index >= 15 is 0 Å². The fraction of sp³-hybridized carbons (Fsp3) is 0.0645. The summed E-state index contributed by atoms with van der Waals surface area (Å²) in [4.78, 5) is 29.3. The van der Waals surface area contributed by atoms with Crippen molar-refractivity contribution in [1.82, 2.24) is 10.4 Å². The van der Waals surface area contributed by atoms with Crippen LogP contribution in [-0.2, 0) is 0 Å². The lowest BCUT2D eigenvalue weighted by Gasteiger charge is -2.09. The highest BCUT2D eigenvalue weighted by molar-refractivity contribution is 9.10. The van der Waals surface area contributed by atoms with E-state index in [2.05, 4.69) is 47.4 Å². The van der Waals surface area contributed by atoms with Gasteiger partial charge in [0, 0.05) is 41.6 Å². The fourth-order valence-electron chi connectivity index (χ4n) is 4.22. The van der Waals surface area contributed by atoms with Gasteiger partial charge >= 0.3 is 5.97 Å². The van der Waals surface area contributed by atoms with Crippen molar-refractivity contribution in [2.75, 3.05) is 6.61 Å². The standard InChI is InChI=1S/C31H22Br2ClN3O4/c1-2-40-22-12-13-26-24(16-22)28(23-5-3-4-6-25(23)34)29(36-26)30(38)37-35-17-19-15-21(33)11-14-27(19)41-31(39)18-7-9-20(32)10-8-18/h3-17,36H,2H2,1H3,(H,37,38). The number of aromatic nitrogens is 1. The van der Waals surface area contributed by atoms with Crippen molar-refractivity contribution in [3.8, 4) is 22.6 Å². The maximum atomic E-state index is 13.4. The number of aromatic amines is 1. The van der Waals surface area contributed by atoms with Crippen molar-refractivity contribution in [3.63, 3.8) is 0 Å². The van der Waals surface area contributed by atoms with Gasteiger partial charge in [-0.3, -0.25) is 4.79 Å². The van der Waals surface area contributed by atoms with Crippen LogP contribution in [-0.4, -0.2) is 29.7 Å². The van der Waals surface area contributed by atoms with E-state index in [1.54, 1.807) is 48.5 Å². The Balaban J connectivity index is 1.44. The molecule has 0 spiro atoms. The van der Waals surface area contributed by atoms with Gasteiger partial charge in [0.15, 0.2) is 0 Å². The second-order valence-corrected chi connectivity index (χ2v) is 11.0. The van der Waals surface area contributed by atoms with Crippen molar-refractivity contribution in [2.45, 2.75) is 6.92 Å². The van der Waals surface area contributed by atoms with Crippen LogP contribution in [0.15, 0.2) is 99.0 Å². The zero-order valence-corrected chi connectivity index (χ0v) is 25.5. The molecule has 0 saturated carbocycles. The van der Waals surface area contributed by atoms with Gasteiger partial charge in [-0.15, -0.1) is 0 Å². The summed E-state index contributed by atoms with van der Waals surface area (Å²) in [6, 6.07) is 24.8. The number of hydrogen-bond donors (Lipinski definition) is 2. The van der Waals surface area contributed by atoms with Gasteiger partial charge in [0.25, 0.3) is 5.91 Å². The molecule has 0 aliphatic carbocycles. The molecule has 7 nitrogen and oxygen atoms in total. The highest BCUT2D eigenvalue weighted by Gasteiger charge is 2.21. The molecular formula is C31H22Br2ClN3O4. The summed E-state index contributed by atoms with van der Waals surface area (Å²) < 4.78 is 12.9. The topological polar surface area (TPSA) is 92.8 Å². The van der Waals surface area contributed by atoms with E-state index in [-0.39, 0.29) is 11.4 Å². The van der Waals surface area contributed by atoms with E-state index in [0.29, 0.717) is 39.6 Å². The van der Waals surface area contributed by atoms with Crippen LogP contribution in [0.2, 0.25) is 5.02 Å². The summed E-state index contributed by atoms with van der Waals surface area (Å²) in [5.74, 6) is -0.0387. The van der Waals surface area contributed by atoms with Gasteiger partial charge in [0.2, 0.25) is 0 Å². The van der Waals surface area contributed by atoms with Gasteiger partial charge in [-0.2, -0.15) is 5.10 Å². The van der Waals surface area contributed by atoms with Crippen LogP contribution in [0.1, 0.15) is 33.3 Å². The van der Waals surface area contributed by atoms with E-state index in [9.17, 15) is 9.59 Å². The van der Waals surface area contributed by atoms with E-state index in [0.717, 1.165) is 19.8 Å². The molecule has 5 rings (SSSR count). The minimum absolute atomic E-state index is 0.282. The maximum absolute atomic E-state index is 13.4. The van der Waals surface area contributed by atoms with Gasteiger partial charge in [0.05, 0.1) is 18.4 Å². The Morgan fingerprint density at radius 2 is 1.73 bits per heavy atom. The van der Waals surface area contributed by atoms with Gasteiger partial charge in [0.1, 0.15) is 17.2 Å². The monoisotopic (exact) mass is 693 g/mol. The SMILES string of the molecule is CCOc1ccc2[nH]c(C(=O)NN=Cc3cc(Br)ccc3OC(=O)c3ccc(Br)cc3)c(-c3ccccc3Cl)c2c1. The minimum Gasteiger partial charge on any atom is -0.494 e. The summed E-state index contributed by atoms with van der Waals surface area (Å²) in [6.45, 7) is 2.42. The van der Waals surface area contributed by atoms with Gasteiger partial charge in [-0.25, -0.2) is 10.2 Å². The molecule has 2 N–H and O–H groups in total. The van der Waals surface area contributed by atoms with Gasteiger partial charge < -0.3 is 14.5 Å². The van der Waals surface area contributed by atoms with E-state index < -0.39 is 11.9 Å². The lowest BCUT2D eigenvalue weighted by atomic mass is 10.0. The molecule has 5 aromatic rings. The van der Waals surface area contributed by atoms with Crippen LogP contribution < -0.4 is 14.9 Å². The Morgan fingerprint density at radius 1 is 0.976 bits per heavy atom. The van der Waals surface area contributed by atoms with Crippen molar-refractivity contribution in [2.24, 2.45) is 5.10 Å². The molecule has 0 radical (unpaired) electrons. The summed E-state index contributed by atoms with van der Waals surface area (Å²) in [7, 11) is 0. The number of hydrogen-bond acceptors (Lipinski definition) is 5. The molecule has 1 amide bonds. The number of rotatable bonds is 8. The second kappa shape index (κ2) is 12.7. The Morgan fingerprint density at radius 3 is 2.49 bits per heavy atom. The number of nitrogens with one attached hydrogen (secondary N) is 2. The largest absolute Gasteiger partial charge is 0.494 e. The Hall–Kier alpha value is -3.92. The lowest BCUT2D eigenvalue weighted by molar-refractivity contribution is 0.0734. The molecule has 0 aliphatic rings. The lowest BCUT2D eigenvalue weighted by Crippen LogP contribution is -2.19. The van der Waals surface area contributed by atoms with Crippen LogP contribution in [0, 0.1) is 0 Å². The third-order valence-corrected chi connectivity index (χ3v) is 7.43. The third-order valence-electron chi connectivity index (χ3n) is 6.08. The molecule has 206 valence electrons. The molecule has 0 unspecified atom stereocenters. The zero-order valence-electron chi connectivity index (χ0n) is 21.6. The minimum atomic E-state index is -0.521. The van der Waals surface area contributed by atoms with Crippen LogP contribution >= 0.6 is 43.5 Å². The van der Waals surface area contributed by atoms with E-state index in [4.69, 9.17) is 21.1 Å². The van der Waals surface area contributed by atoms with Crippen molar-refractivity contribution in [1.29, 1.82) is 0 Å². The molecule has 0 saturated heterocycles. The number of fused-ring (bicyclic) bond motifs is 1. The number of hydrazone groups is 1. The average molecular weight is 696 g/mol. The molecule has 0 fully saturated rings. The molecule has 0 atom stereocenters. The van der Waals surface area contributed by atoms with Crippen LogP contribution in [0.3, 0.4) is 0 Å². The summed E-state index contributed by atoms with van der Waals surface area (Å²) >= 11 is 13.3. The maximum Gasteiger partial charge on any atom is 0.343 e. The zero-order chi connectivity index (χ0) is 28.9. The third kappa shape index (κ3) is 6.53. The first kappa shape index (κ1) is 28.6. The number of carbonyl (C=O) groups excluding carboxylic acids is 2. The predicted molar refractivity (Wildman–Crippen MR) is 168 cm³/mol. The van der Waals surface area contributed by atoms with Crippen molar-refractivity contribution < 1.29 is 19.1 Å². The normalized spacial score (nSPS) is 11.1. The van der Waals surface area contributed by atoms with Crippen LogP contribution in [0.5, 0.6) is 11.5 Å². The second-order valence-electron chi connectivity index (χ2n) is 8.77. The first-order chi connectivity index (χ1) is 19.8. The predicted octanol–water partition coefficient (Wildman–Crippen LogP) is 8.40. The number of halogens is 3. The van der Waals surface area contributed by atoms with E-state index in [1.807, 2.05) is 43.3 Å². The highest BCUT2D eigenvalue weighted by atomic mass is 79.9. The molecule has 1 aromatic heterocycles. The van der Waals surface area contributed by atoms with Crippen molar-refractivity contribution in [3.05, 3.63) is 116 Å². The van der Waals surface area contributed by atoms with Gasteiger partial charge in [-0.1, -0.05) is 61.7 Å². The van der Waals surface area contributed by atoms with Crippen LogP contribution in [0.25, 0.3) is 22.0 Å². The average Bonchev–Trinajstić information content (AvgIpc) is 3.34. The number of ether oxygens (including phenoxy) is 2. The number of nitrogens with zero attached hydrogens (tertiary/aromatic N) is 1. The number of esters is 1. The Labute approximate surface area is 257 Å². The number of benzene rings is 4. The highest BCUT2D eigenvalue weighted by Crippen LogP contribution is 2.38. The summed E-state index contributed by atoms with van der Waals surface area (Å²) in [5, 5.41) is 5.45. The molecule has 4 aromatic carbocycles. The Bertz CT molecular complexity index is 1780. The first-order valence-electron chi connectivity index (χ1n) is 12.5. The van der Waals surface area contributed by atoms with E-state index in [1.165, 1.54) is 6.21 Å². The number of carbonyl (C=O) groups is 2. The molecule has 0 bridgehead atoms. The molecule has 0 aliphatic heterocycles. The van der Waals surface area contributed by atoms with Crippen molar-refractivity contribution >= 4 is 72.5 Å². The summed E-state index contributed by atoms with van der Waals surface area (Å²) in [6.07, 6.45) is 1.41. The first-order valence-corrected chi connectivity index (χ1v) is 14.4. The fourth-order valence-corrected chi connectivity index (χ4v) is 5.09. The number of amides is 1. The molecule has 10 heteroatoms. The Kier molecular flexibility index (Phi) is 8.87.